The van der Waals surface area contributed by atoms with E-state index >= 15 is 0 Å². The molecule has 20 rings (SSSR count). The van der Waals surface area contributed by atoms with Crippen molar-refractivity contribution in [1.29, 1.82) is 0 Å². The van der Waals surface area contributed by atoms with Gasteiger partial charge in [-0.25, -0.2) is 0 Å². The highest BCUT2D eigenvalue weighted by Gasteiger charge is 2.42. The quantitative estimate of drug-likeness (QED) is 0.165. The van der Waals surface area contributed by atoms with Crippen LogP contribution in [0.1, 0.15) is 99.9 Å². The lowest BCUT2D eigenvalue weighted by Crippen LogP contribution is -2.30. The van der Waals surface area contributed by atoms with E-state index in [1.54, 1.807) is 0 Å². The highest BCUT2D eigenvalue weighted by Crippen LogP contribution is 2.58. The molecule has 0 spiro atoms. The van der Waals surface area contributed by atoms with E-state index in [0.29, 0.717) is 0 Å². The van der Waals surface area contributed by atoms with Gasteiger partial charge in [0.15, 0.2) is 0 Å². The Hall–Kier alpha value is -12.0. The molecule has 100 heavy (non-hydrogen) atoms. The van der Waals surface area contributed by atoms with Crippen molar-refractivity contribution in [3.8, 4) is 11.4 Å². The Labute approximate surface area is 582 Å². The minimum Gasteiger partial charge on any atom is -0.310 e. The maximum Gasteiger partial charge on any atom is 0.115 e. The number of hydrogen-bond acceptors (Lipinski definition) is 6. The largest absolute Gasteiger partial charge is 0.310 e. The van der Waals surface area contributed by atoms with Gasteiger partial charge in [0.05, 0.1) is 78.9 Å². The van der Waals surface area contributed by atoms with Crippen molar-refractivity contribution in [3.05, 3.63) is 336 Å². The second kappa shape index (κ2) is 20.8. The van der Waals surface area contributed by atoms with Crippen LogP contribution in [0, 0.1) is 0 Å². The lowest BCUT2D eigenvalue weighted by atomic mass is 9.73. The molecule has 0 radical (unpaired) electrons. The highest BCUT2D eigenvalue weighted by molar-refractivity contribution is 6.16. The van der Waals surface area contributed by atoms with Gasteiger partial charge in [-0.2, -0.15) is 0 Å². The van der Waals surface area contributed by atoms with Gasteiger partial charge < -0.3 is 28.7 Å². The molecule has 16 aromatic rings. The van der Waals surface area contributed by atoms with E-state index < -0.39 is 0 Å². The first-order chi connectivity index (χ1) is 48.7. The van der Waals surface area contributed by atoms with Gasteiger partial charge >= 0.3 is 0 Å². The minimum atomic E-state index is -0.205. The highest BCUT2D eigenvalue weighted by atomic mass is 15.2. The fourth-order valence-corrected chi connectivity index (χ4v) is 18.3. The van der Waals surface area contributed by atoms with Crippen LogP contribution in [0.5, 0.6) is 0 Å². The molecule has 0 aliphatic carbocycles. The van der Waals surface area contributed by atoms with Crippen molar-refractivity contribution in [2.45, 2.75) is 77.0 Å². The van der Waals surface area contributed by atoms with E-state index in [2.05, 4.69) is 363 Å². The Morgan fingerprint density at radius 1 is 0.210 bits per heavy atom. The van der Waals surface area contributed by atoms with Crippen molar-refractivity contribution >= 4 is 123 Å². The summed E-state index contributed by atoms with van der Waals surface area (Å²) in [5.41, 5.74) is 31.2. The molecule has 3 aromatic heterocycles. The molecular formula is C92H72N8. The van der Waals surface area contributed by atoms with Gasteiger partial charge in [-0.1, -0.05) is 201 Å². The molecule has 0 unspecified atom stereocenters. The van der Waals surface area contributed by atoms with Crippen LogP contribution in [0.2, 0.25) is 0 Å². The number of benzene rings is 13. The van der Waals surface area contributed by atoms with E-state index in [-0.39, 0.29) is 21.7 Å². The average molecular weight is 1290 g/mol. The number of aromatic nitrogens is 4. The maximum atomic E-state index is 5.42. The fraction of sp³-hybridized carbons (Fsp3) is 0.130. The molecule has 7 heterocycles. The fourth-order valence-electron chi connectivity index (χ4n) is 18.3. The minimum absolute atomic E-state index is 0.205. The molecule has 0 atom stereocenters. The molecule has 8 heteroatoms. The van der Waals surface area contributed by atoms with E-state index in [1.807, 2.05) is 12.4 Å². The van der Waals surface area contributed by atoms with Gasteiger partial charge in [0.2, 0.25) is 0 Å². The normalized spacial score (nSPS) is 15.6. The second-order valence-corrected chi connectivity index (χ2v) is 29.8. The third-order valence-electron chi connectivity index (χ3n) is 23.1. The molecule has 480 valence electrons. The summed E-state index contributed by atoms with van der Waals surface area (Å²) < 4.78 is 4.88. The summed E-state index contributed by atoms with van der Waals surface area (Å²) in [6, 6.07) is 104. The van der Waals surface area contributed by atoms with Gasteiger partial charge in [0, 0.05) is 78.3 Å². The van der Waals surface area contributed by atoms with Crippen molar-refractivity contribution in [3.63, 3.8) is 0 Å². The Bertz CT molecular complexity index is 5280. The zero-order valence-corrected chi connectivity index (χ0v) is 57.3. The van der Waals surface area contributed by atoms with Crippen LogP contribution < -0.4 is 19.6 Å². The van der Waals surface area contributed by atoms with Gasteiger partial charge in [-0.3, -0.25) is 9.97 Å². The number of nitrogens with zero attached hydrogens (tertiary/aromatic N) is 8. The van der Waals surface area contributed by atoms with Gasteiger partial charge in [-0.05, 0) is 178 Å². The summed E-state index contributed by atoms with van der Waals surface area (Å²) in [7, 11) is 0. The Kier molecular flexibility index (Phi) is 12.1. The number of hydrogen-bond donors (Lipinski definition) is 0. The van der Waals surface area contributed by atoms with Crippen molar-refractivity contribution < 1.29 is 0 Å². The first-order valence-electron chi connectivity index (χ1n) is 35.1. The summed E-state index contributed by atoms with van der Waals surface area (Å²) in [6.45, 7) is 18.8. The molecule has 0 bridgehead atoms. The predicted octanol–water partition coefficient (Wildman–Crippen LogP) is 24.3. The molecule has 4 aliphatic rings. The van der Waals surface area contributed by atoms with E-state index in [4.69, 9.17) is 9.97 Å². The monoisotopic (exact) mass is 1290 g/mol. The zero-order chi connectivity index (χ0) is 67.3. The lowest BCUT2D eigenvalue weighted by molar-refractivity contribution is 0.632. The van der Waals surface area contributed by atoms with Crippen LogP contribution in [0.15, 0.2) is 291 Å². The average Bonchev–Trinajstić information content (AvgIpc) is 1.41. The van der Waals surface area contributed by atoms with Crippen LogP contribution in [0.3, 0.4) is 0 Å². The van der Waals surface area contributed by atoms with Crippen molar-refractivity contribution in [1.82, 2.24) is 19.1 Å². The Morgan fingerprint density at radius 2 is 0.400 bits per heavy atom. The van der Waals surface area contributed by atoms with E-state index in [1.165, 1.54) is 90.0 Å². The third kappa shape index (κ3) is 7.93. The second-order valence-electron chi connectivity index (χ2n) is 29.8. The molecule has 4 aliphatic heterocycles. The van der Waals surface area contributed by atoms with Crippen molar-refractivity contribution in [2.24, 2.45) is 0 Å². The van der Waals surface area contributed by atoms with Gasteiger partial charge in [0.25, 0.3) is 0 Å². The molecule has 0 N–H and O–H groups in total. The molecule has 8 nitrogen and oxygen atoms in total. The van der Waals surface area contributed by atoms with E-state index in [9.17, 15) is 0 Å². The SMILES string of the molecule is CC1(C)c2ccccc2N(c2ccc3c(c2)c2cc(N4c5ccccc5C(C)(C)c5ccccc54)ccc2n3-c2ccc(-n3c4ccc(N5c6ccccc6C(C)(C)c6ccccc65)cc4c4cc(N5c6ccccc6C(C)(C)c6ccccc65)ccc43)c3nccnc23)c2ccccc21. The van der Waals surface area contributed by atoms with Crippen LogP contribution in [0.25, 0.3) is 66.0 Å². The molecule has 0 fully saturated rings. The molecular weight excluding hydrogens is 1220 g/mol. The summed E-state index contributed by atoms with van der Waals surface area (Å²) in [5.74, 6) is 0. The van der Waals surface area contributed by atoms with Crippen LogP contribution in [-0.4, -0.2) is 19.1 Å². The zero-order valence-electron chi connectivity index (χ0n) is 57.3. The number of para-hydroxylation sites is 8. The Morgan fingerprint density at radius 3 is 0.600 bits per heavy atom. The topological polar surface area (TPSA) is 48.6 Å². The smallest absolute Gasteiger partial charge is 0.115 e. The number of rotatable bonds is 6. The van der Waals surface area contributed by atoms with E-state index in [0.717, 1.165) is 88.8 Å². The summed E-state index contributed by atoms with van der Waals surface area (Å²) in [4.78, 5) is 20.8. The summed E-state index contributed by atoms with van der Waals surface area (Å²) >= 11 is 0. The number of anilines is 12. The maximum absolute atomic E-state index is 5.42. The molecule has 0 amide bonds. The summed E-state index contributed by atoms with van der Waals surface area (Å²) in [5, 5.41) is 4.53. The van der Waals surface area contributed by atoms with Gasteiger partial charge in [-0.15, -0.1) is 0 Å². The van der Waals surface area contributed by atoms with Gasteiger partial charge in [0.1, 0.15) is 11.0 Å². The first-order valence-corrected chi connectivity index (χ1v) is 35.1. The van der Waals surface area contributed by atoms with Crippen LogP contribution >= 0.6 is 0 Å². The van der Waals surface area contributed by atoms with Crippen LogP contribution in [0.4, 0.5) is 68.2 Å². The molecule has 0 saturated heterocycles. The lowest BCUT2D eigenvalue weighted by Gasteiger charge is -2.42. The predicted molar refractivity (Wildman–Crippen MR) is 415 cm³/mol. The van der Waals surface area contributed by atoms with Crippen molar-refractivity contribution in [2.75, 3.05) is 19.6 Å². The molecule has 13 aromatic carbocycles. The van der Waals surface area contributed by atoms with Crippen LogP contribution in [-0.2, 0) is 21.7 Å². The Balaban J connectivity index is 0.820. The molecule has 0 saturated carbocycles. The first kappa shape index (κ1) is 58.2. The third-order valence-corrected chi connectivity index (χ3v) is 23.1. The standard InChI is InChI=1S/C92H72N8/c1-89(2)65-25-9-17-33-77(65)95(78-34-18-10-26-66(78)89)57-41-45-73-61(53-57)62-54-58(96-79-35-19-11-27-67(79)90(3,4)68-28-12-20-36-80(68)96)42-46-74(62)99(73)85-49-50-86(88-87(85)93-51-52-94-88)100-75-47-43-59(97-81-37-21-13-29-69(81)91(5,6)70-30-14-22-38-82(70)97)55-63(75)64-56-60(44-48-76(64)100)98-83-39-23-15-31-71(83)92(7,8)72-32-16-24-40-84(72)98/h9-56H,1-8H3. The summed E-state index contributed by atoms with van der Waals surface area (Å²) in [6.07, 6.45) is 3.71. The number of fused-ring (bicyclic) bond motifs is 15.